The van der Waals surface area contributed by atoms with Crippen LogP contribution >= 0.6 is 0 Å². The van der Waals surface area contributed by atoms with Gasteiger partial charge in [0.15, 0.2) is 0 Å². The van der Waals surface area contributed by atoms with E-state index in [1.807, 2.05) is 0 Å². The zero-order valence-electron chi connectivity index (χ0n) is 19.2. The third-order valence-corrected chi connectivity index (χ3v) is 10.6. The van der Waals surface area contributed by atoms with Gasteiger partial charge in [-0.3, -0.25) is 4.79 Å². The van der Waals surface area contributed by atoms with E-state index in [0.717, 1.165) is 51.4 Å². The SMILES string of the molecule is COC(=O)CCC(C)[C@H]1CCC2C3C(CC(O)[C@@]21C)[C@@]1(C)CCC(O)C[C@H]1C[C@@H]3O. The van der Waals surface area contributed by atoms with Gasteiger partial charge in [0.05, 0.1) is 25.4 Å². The molecule has 11 atom stereocenters. The molecule has 0 saturated heterocycles. The Labute approximate surface area is 181 Å². The molecule has 4 saturated carbocycles. The van der Waals surface area contributed by atoms with Crippen LogP contribution in [0, 0.1) is 46.3 Å². The van der Waals surface area contributed by atoms with E-state index in [1.54, 1.807) is 0 Å². The van der Waals surface area contributed by atoms with Crippen molar-refractivity contribution in [2.24, 2.45) is 46.3 Å². The van der Waals surface area contributed by atoms with Crippen LogP contribution in [0.4, 0.5) is 0 Å². The maximum Gasteiger partial charge on any atom is 0.305 e. The number of hydrogen-bond donors (Lipinski definition) is 3. The number of aliphatic hydroxyl groups excluding tert-OH is 3. The molecule has 0 heterocycles. The number of fused-ring (bicyclic) bond motifs is 5. The molecule has 30 heavy (non-hydrogen) atoms. The van der Waals surface area contributed by atoms with Crippen LogP contribution in [0.15, 0.2) is 0 Å². The van der Waals surface area contributed by atoms with E-state index in [2.05, 4.69) is 20.8 Å². The molecule has 0 aromatic rings. The van der Waals surface area contributed by atoms with Crippen LogP contribution in [-0.2, 0) is 9.53 Å². The zero-order chi connectivity index (χ0) is 21.8. The highest BCUT2D eigenvalue weighted by atomic mass is 16.5. The summed E-state index contributed by atoms with van der Waals surface area (Å²) < 4.78 is 4.83. The van der Waals surface area contributed by atoms with Gasteiger partial charge in [-0.25, -0.2) is 0 Å². The second kappa shape index (κ2) is 8.04. The lowest BCUT2D eigenvalue weighted by atomic mass is 9.43. The average molecular weight is 423 g/mol. The largest absolute Gasteiger partial charge is 0.469 e. The second-order valence-corrected chi connectivity index (χ2v) is 11.6. The molecule has 0 spiro atoms. The predicted octanol–water partition coefficient (Wildman–Crippen LogP) is 3.54. The first-order valence-corrected chi connectivity index (χ1v) is 12.2. The molecule has 0 aromatic carbocycles. The van der Waals surface area contributed by atoms with Crippen LogP contribution in [0.1, 0.15) is 78.6 Å². The summed E-state index contributed by atoms with van der Waals surface area (Å²) in [5.41, 5.74) is -0.0882. The molecule has 4 fully saturated rings. The van der Waals surface area contributed by atoms with Crippen LogP contribution in [0.2, 0.25) is 0 Å². The Kier molecular flexibility index (Phi) is 6.04. The number of hydrogen-bond acceptors (Lipinski definition) is 5. The predicted molar refractivity (Wildman–Crippen MR) is 114 cm³/mol. The minimum atomic E-state index is -0.369. The lowest BCUT2D eigenvalue weighted by Gasteiger charge is -2.63. The maximum absolute atomic E-state index is 11.7. The van der Waals surface area contributed by atoms with Gasteiger partial charge in [-0.1, -0.05) is 20.8 Å². The summed E-state index contributed by atoms with van der Waals surface area (Å²) in [6, 6.07) is 0. The molecular formula is C25H42O5. The molecule has 0 aromatic heterocycles. The molecule has 0 aliphatic heterocycles. The van der Waals surface area contributed by atoms with Gasteiger partial charge in [0.1, 0.15) is 0 Å². The fourth-order valence-corrected chi connectivity index (χ4v) is 8.78. The monoisotopic (exact) mass is 422 g/mol. The lowest BCUT2D eigenvalue weighted by molar-refractivity contribution is -0.207. The minimum Gasteiger partial charge on any atom is -0.469 e. The summed E-state index contributed by atoms with van der Waals surface area (Å²) in [6.07, 6.45) is 6.60. The Morgan fingerprint density at radius 3 is 2.50 bits per heavy atom. The Bertz CT molecular complexity index is 651. The summed E-state index contributed by atoms with van der Waals surface area (Å²) >= 11 is 0. The lowest BCUT2D eigenvalue weighted by Crippen LogP contribution is -2.62. The fourth-order valence-electron chi connectivity index (χ4n) is 8.78. The smallest absolute Gasteiger partial charge is 0.305 e. The van der Waals surface area contributed by atoms with E-state index >= 15 is 0 Å². The van der Waals surface area contributed by atoms with Crippen LogP contribution in [0.25, 0.3) is 0 Å². The summed E-state index contributed by atoms with van der Waals surface area (Å²) in [7, 11) is 1.44. The summed E-state index contributed by atoms with van der Waals surface area (Å²) in [5, 5.41) is 33.1. The number of carbonyl (C=O) groups excluding carboxylic acids is 1. The number of ether oxygens (including phenoxy) is 1. The quantitative estimate of drug-likeness (QED) is 0.603. The van der Waals surface area contributed by atoms with Crippen molar-refractivity contribution in [1.29, 1.82) is 0 Å². The van der Waals surface area contributed by atoms with Crippen LogP contribution in [0.3, 0.4) is 0 Å². The Hall–Kier alpha value is -0.650. The van der Waals surface area contributed by atoms with E-state index in [4.69, 9.17) is 4.74 Å². The molecule has 0 bridgehead atoms. The number of carbonyl (C=O) groups is 1. The molecule has 4 rings (SSSR count). The molecule has 4 aliphatic rings. The molecule has 3 N–H and O–H groups in total. The highest BCUT2D eigenvalue weighted by molar-refractivity contribution is 5.69. The van der Waals surface area contributed by atoms with Crippen molar-refractivity contribution in [3.05, 3.63) is 0 Å². The Morgan fingerprint density at radius 1 is 1.07 bits per heavy atom. The Balaban J connectivity index is 1.58. The van der Waals surface area contributed by atoms with E-state index in [1.165, 1.54) is 7.11 Å². The molecule has 172 valence electrons. The van der Waals surface area contributed by atoms with Crippen LogP contribution < -0.4 is 0 Å². The third-order valence-electron chi connectivity index (χ3n) is 10.6. The van der Waals surface area contributed by atoms with Crippen LogP contribution in [-0.4, -0.2) is 46.7 Å². The van der Waals surface area contributed by atoms with Crippen molar-refractivity contribution in [3.8, 4) is 0 Å². The van der Waals surface area contributed by atoms with Gasteiger partial charge in [-0.05, 0) is 97.7 Å². The molecule has 0 radical (unpaired) electrons. The fraction of sp³-hybridized carbons (Fsp3) is 0.960. The van der Waals surface area contributed by atoms with Gasteiger partial charge >= 0.3 is 5.97 Å². The van der Waals surface area contributed by atoms with Crippen LogP contribution in [0.5, 0.6) is 0 Å². The van der Waals surface area contributed by atoms with E-state index < -0.39 is 0 Å². The minimum absolute atomic E-state index is 0.111. The first kappa shape index (κ1) is 22.5. The maximum atomic E-state index is 11.7. The number of methoxy groups -OCH3 is 1. The zero-order valence-corrected chi connectivity index (χ0v) is 19.2. The normalized spacial score (nSPS) is 51.4. The molecule has 6 unspecified atom stereocenters. The molecule has 0 amide bonds. The second-order valence-electron chi connectivity index (χ2n) is 11.6. The summed E-state index contributed by atoms with van der Waals surface area (Å²) in [5.74, 6) is 1.81. The van der Waals surface area contributed by atoms with Crippen molar-refractivity contribution in [2.45, 2.75) is 96.9 Å². The van der Waals surface area contributed by atoms with E-state index in [0.29, 0.717) is 36.0 Å². The van der Waals surface area contributed by atoms with Gasteiger partial charge in [0.2, 0.25) is 0 Å². The summed E-state index contributed by atoms with van der Waals surface area (Å²) in [6.45, 7) is 6.85. The van der Waals surface area contributed by atoms with Crippen molar-refractivity contribution < 1.29 is 24.9 Å². The van der Waals surface area contributed by atoms with Gasteiger partial charge in [-0.2, -0.15) is 0 Å². The number of esters is 1. The first-order chi connectivity index (χ1) is 14.1. The van der Waals surface area contributed by atoms with Gasteiger partial charge < -0.3 is 20.1 Å². The first-order valence-electron chi connectivity index (χ1n) is 12.2. The van der Waals surface area contributed by atoms with Gasteiger partial charge in [0, 0.05) is 6.42 Å². The van der Waals surface area contributed by atoms with Gasteiger partial charge in [-0.15, -0.1) is 0 Å². The highest BCUT2D eigenvalue weighted by Crippen LogP contribution is 2.68. The van der Waals surface area contributed by atoms with E-state index in [-0.39, 0.29) is 41.0 Å². The molecular weight excluding hydrogens is 380 g/mol. The average Bonchev–Trinajstić information content (AvgIpc) is 3.06. The molecule has 5 nitrogen and oxygen atoms in total. The summed E-state index contributed by atoms with van der Waals surface area (Å²) in [4.78, 5) is 11.7. The van der Waals surface area contributed by atoms with Crippen molar-refractivity contribution >= 4 is 5.97 Å². The van der Waals surface area contributed by atoms with E-state index in [9.17, 15) is 20.1 Å². The van der Waals surface area contributed by atoms with Crippen molar-refractivity contribution in [2.75, 3.05) is 7.11 Å². The molecule has 5 heteroatoms. The Morgan fingerprint density at radius 2 is 1.80 bits per heavy atom. The van der Waals surface area contributed by atoms with Crippen molar-refractivity contribution in [1.82, 2.24) is 0 Å². The topological polar surface area (TPSA) is 87.0 Å². The number of aliphatic hydroxyl groups is 3. The third kappa shape index (κ3) is 3.34. The van der Waals surface area contributed by atoms with Gasteiger partial charge in [0.25, 0.3) is 0 Å². The van der Waals surface area contributed by atoms with Crippen molar-refractivity contribution in [3.63, 3.8) is 0 Å². The highest BCUT2D eigenvalue weighted by Gasteiger charge is 2.65. The number of rotatable bonds is 4. The standard InChI is InChI=1S/C25H42O5/c1-14(5-8-22(29)30-4)17-6-7-18-23-19(13-21(28)25(17,18)3)24(2)10-9-16(26)11-15(24)12-20(23)27/h14-21,23,26-28H,5-13H2,1-4H3/t14?,15-,16?,17+,18?,19?,20-,21?,23?,24-,25+/m0/s1. The molecule has 4 aliphatic carbocycles.